The van der Waals surface area contributed by atoms with Crippen LogP contribution in [0.2, 0.25) is 0 Å². The molecule has 2 bridgehead atoms. The predicted molar refractivity (Wildman–Crippen MR) is 151 cm³/mol. The van der Waals surface area contributed by atoms with Gasteiger partial charge < -0.3 is 5.32 Å². The maximum Gasteiger partial charge on any atom is 0.308 e. The maximum atomic E-state index is 13.3. The highest BCUT2D eigenvalue weighted by atomic mass is 79.9. The Labute approximate surface area is 226 Å². The fourth-order valence-electron chi connectivity index (χ4n) is 6.80. The lowest BCUT2D eigenvalue weighted by Crippen LogP contribution is -2.34. The van der Waals surface area contributed by atoms with Gasteiger partial charge in [0.25, 0.3) is 0 Å². The number of aromatic nitrogens is 1. The van der Waals surface area contributed by atoms with Crippen LogP contribution in [0.5, 0.6) is 0 Å². The smallest absolute Gasteiger partial charge is 0.308 e. The summed E-state index contributed by atoms with van der Waals surface area (Å²) in [7, 11) is 0. The van der Waals surface area contributed by atoms with Gasteiger partial charge in [-0.25, -0.2) is 0 Å². The summed E-state index contributed by atoms with van der Waals surface area (Å²) < 4.78 is 2.80. The fraction of sp³-hybridized carbons (Fsp3) is 0.310. The lowest BCUT2D eigenvalue weighted by Gasteiger charge is -2.40. The third-order valence-corrected chi connectivity index (χ3v) is 11.6. The number of hydrogen-bond acceptors (Lipinski definition) is 4. The van der Waals surface area contributed by atoms with Gasteiger partial charge in [0, 0.05) is 31.6 Å². The van der Waals surface area contributed by atoms with Crippen molar-refractivity contribution in [1.82, 2.24) is 4.57 Å². The number of thiazole rings is 1. The Morgan fingerprint density at radius 1 is 1.00 bits per heavy atom. The molecule has 2 saturated carbocycles. The lowest BCUT2D eigenvalue weighted by atomic mass is 9.75. The van der Waals surface area contributed by atoms with Gasteiger partial charge in [0.15, 0.2) is 0 Å². The first-order valence-corrected chi connectivity index (χ1v) is 15.0. The molecule has 1 aliphatic heterocycles. The Kier molecular flexibility index (Phi) is 5.64. The van der Waals surface area contributed by atoms with Gasteiger partial charge in [-0.15, -0.1) is 11.8 Å². The molecular formula is C29H25BrN2O2S2. The standard InChI is InChI=1S/C29H25BrN2O2S2/c30-20-12-10-17(11-13-20)24-25-18-8-9-19(14-18)26(25)35-28-27(24)36-29(34)32(28)15-23(33)31-22-7-3-5-16-4-1-2-6-21(16)22/h1-7,10-13,18-19,24-26H,8-9,14-15H2,(H,31,33)/t18?,19?,24-,25?,26?/m0/s1. The average molecular weight is 578 g/mol. The summed E-state index contributed by atoms with van der Waals surface area (Å²) in [6, 6.07) is 22.6. The number of carbonyl (C=O) groups excluding carboxylic acids is 1. The van der Waals surface area contributed by atoms with Crippen LogP contribution in [0, 0.1) is 17.8 Å². The molecule has 4 nitrogen and oxygen atoms in total. The molecule has 36 heavy (non-hydrogen) atoms. The van der Waals surface area contributed by atoms with Gasteiger partial charge >= 0.3 is 4.87 Å². The van der Waals surface area contributed by atoms with Gasteiger partial charge in [-0.05, 0) is 66.2 Å². The molecule has 2 heterocycles. The zero-order valence-corrected chi connectivity index (χ0v) is 22.7. The first kappa shape index (κ1) is 22.8. The van der Waals surface area contributed by atoms with E-state index in [1.165, 1.54) is 36.2 Å². The summed E-state index contributed by atoms with van der Waals surface area (Å²) in [6.07, 6.45) is 3.89. The van der Waals surface area contributed by atoms with Crippen molar-refractivity contribution in [3.8, 4) is 0 Å². The molecule has 1 N–H and O–H groups in total. The zero-order valence-electron chi connectivity index (χ0n) is 19.5. The van der Waals surface area contributed by atoms with E-state index in [2.05, 4.69) is 45.5 Å². The molecule has 2 aliphatic carbocycles. The summed E-state index contributed by atoms with van der Waals surface area (Å²) in [6.45, 7) is 0.0411. The average Bonchev–Trinajstić information content (AvgIpc) is 3.58. The number of rotatable bonds is 4. The predicted octanol–water partition coefficient (Wildman–Crippen LogP) is 7.12. The molecule has 0 saturated heterocycles. The zero-order chi connectivity index (χ0) is 24.4. The highest BCUT2D eigenvalue weighted by molar-refractivity contribution is 9.10. The number of carbonyl (C=O) groups is 1. The molecule has 7 heteroatoms. The second-order valence-electron chi connectivity index (χ2n) is 10.2. The van der Waals surface area contributed by atoms with E-state index in [1.54, 1.807) is 4.57 Å². The molecule has 7 rings (SSSR count). The Balaban J connectivity index is 1.25. The van der Waals surface area contributed by atoms with E-state index in [1.807, 2.05) is 54.2 Å². The van der Waals surface area contributed by atoms with Gasteiger partial charge in [-0.2, -0.15) is 0 Å². The van der Waals surface area contributed by atoms with Crippen molar-refractivity contribution in [2.45, 2.75) is 42.0 Å². The van der Waals surface area contributed by atoms with Crippen LogP contribution in [-0.4, -0.2) is 15.7 Å². The number of halogens is 1. The molecule has 3 aliphatic rings. The van der Waals surface area contributed by atoms with E-state index in [0.717, 1.165) is 36.8 Å². The molecule has 3 aromatic carbocycles. The molecule has 2 fully saturated rings. The van der Waals surface area contributed by atoms with Crippen LogP contribution < -0.4 is 10.2 Å². The molecular weight excluding hydrogens is 552 g/mol. The molecule has 4 aromatic rings. The Hall–Kier alpha value is -2.35. The minimum atomic E-state index is -0.162. The quantitative estimate of drug-likeness (QED) is 0.281. The highest BCUT2D eigenvalue weighted by Crippen LogP contribution is 2.64. The molecule has 0 spiro atoms. The molecule has 4 unspecified atom stereocenters. The summed E-state index contributed by atoms with van der Waals surface area (Å²) in [5.74, 6) is 2.08. The Morgan fingerprint density at radius 3 is 2.64 bits per heavy atom. The monoisotopic (exact) mass is 576 g/mol. The highest BCUT2D eigenvalue weighted by Gasteiger charge is 2.55. The summed E-state index contributed by atoms with van der Waals surface area (Å²) in [5, 5.41) is 6.69. The van der Waals surface area contributed by atoms with Crippen molar-refractivity contribution in [2.24, 2.45) is 17.8 Å². The van der Waals surface area contributed by atoms with Crippen molar-refractivity contribution in [1.29, 1.82) is 0 Å². The topological polar surface area (TPSA) is 51.1 Å². The number of benzene rings is 3. The van der Waals surface area contributed by atoms with Crippen molar-refractivity contribution >= 4 is 61.4 Å². The van der Waals surface area contributed by atoms with Crippen LogP contribution in [0.25, 0.3) is 10.8 Å². The van der Waals surface area contributed by atoms with E-state index in [9.17, 15) is 9.59 Å². The van der Waals surface area contributed by atoms with Gasteiger partial charge in [-0.3, -0.25) is 14.2 Å². The molecule has 1 aromatic heterocycles. The van der Waals surface area contributed by atoms with Crippen LogP contribution in [0.4, 0.5) is 5.69 Å². The minimum absolute atomic E-state index is 0.0324. The van der Waals surface area contributed by atoms with Crippen LogP contribution >= 0.6 is 39.0 Å². The molecule has 1 amide bonds. The van der Waals surface area contributed by atoms with E-state index in [0.29, 0.717) is 17.1 Å². The summed E-state index contributed by atoms with van der Waals surface area (Å²) in [4.78, 5) is 27.7. The maximum absolute atomic E-state index is 13.3. The third kappa shape index (κ3) is 3.70. The van der Waals surface area contributed by atoms with Gasteiger partial charge in [0.2, 0.25) is 5.91 Å². The normalized spacial score (nSPS) is 26.1. The van der Waals surface area contributed by atoms with Crippen molar-refractivity contribution in [2.75, 3.05) is 5.32 Å². The Morgan fingerprint density at radius 2 is 1.78 bits per heavy atom. The van der Waals surface area contributed by atoms with Crippen LogP contribution in [0.1, 0.15) is 35.6 Å². The summed E-state index contributed by atoms with van der Waals surface area (Å²) >= 11 is 6.80. The first-order chi connectivity index (χ1) is 17.6. The third-order valence-electron chi connectivity index (χ3n) is 8.29. The number of nitrogens with zero attached hydrogens (tertiary/aromatic N) is 1. The summed E-state index contributed by atoms with van der Waals surface area (Å²) in [5.41, 5.74) is 2.07. The second-order valence-corrected chi connectivity index (χ2v) is 13.3. The lowest BCUT2D eigenvalue weighted by molar-refractivity contribution is -0.116. The van der Waals surface area contributed by atoms with Crippen molar-refractivity contribution < 1.29 is 4.79 Å². The van der Waals surface area contributed by atoms with Crippen LogP contribution in [0.15, 0.2) is 81.0 Å². The van der Waals surface area contributed by atoms with Crippen LogP contribution in [-0.2, 0) is 11.3 Å². The number of anilines is 1. The number of amides is 1. The largest absolute Gasteiger partial charge is 0.324 e. The number of nitrogens with one attached hydrogen (secondary N) is 1. The molecule has 5 atom stereocenters. The van der Waals surface area contributed by atoms with Crippen molar-refractivity contribution in [3.63, 3.8) is 0 Å². The SMILES string of the molecule is O=C(Cn1c2c(sc1=O)[C@@H](c1ccc(Br)cc1)C1C3CCC(C3)C1S2)Nc1cccc2ccccc12. The van der Waals surface area contributed by atoms with E-state index in [4.69, 9.17) is 0 Å². The minimum Gasteiger partial charge on any atom is -0.324 e. The number of hydrogen-bond donors (Lipinski definition) is 1. The van der Waals surface area contributed by atoms with Gasteiger partial charge in [0.1, 0.15) is 6.54 Å². The molecule has 182 valence electrons. The number of fused-ring (bicyclic) bond motifs is 7. The van der Waals surface area contributed by atoms with E-state index >= 15 is 0 Å². The van der Waals surface area contributed by atoms with Gasteiger partial charge in [-0.1, -0.05) is 75.8 Å². The van der Waals surface area contributed by atoms with Gasteiger partial charge in [0.05, 0.1) is 5.03 Å². The van der Waals surface area contributed by atoms with E-state index in [-0.39, 0.29) is 23.2 Å². The van der Waals surface area contributed by atoms with E-state index < -0.39 is 0 Å². The molecule has 0 radical (unpaired) electrons. The fourth-order valence-corrected chi connectivity index (χ4v) is 10.2. The first-order valence-electron chi connectivity index (χ1n) is 12.5. The van der Waals surface area contributed by atoms with Crippen LogP contribution in [0.3, 0.4) is 0 Å². The second kappa shape index (κ2) is 8.89. The number of thioether (sulfide) groups is 1. The van der Waals surface area contributed by atoms with Crippen molar-refractivity contribution in [3.05, 3.63) is 91.3 Å². The Bertz CT molecular complexity index is 1540.